The molecule has 1 fully saturated rings. The van der Waals surface area contributed by atoms with E-state index in [2.05, 4.69) is 0 Å². The van der Waals surface area contributed by atoms with Gasteiger partial charge in [0.15, 0.2) is 0 Å². The molecule has 0 radical (unpaired) electrons. The molecule has 2 atom stereocenters. The molecule has 1 aliphatic carbocycles. The van der Waals surface area contributed by atoms with E-state index in [1.165, 1.54) is 0 Å². The van der Waals surface area contributed by atoms with Gasteiger partial charge in [-0.2, -0.15) is 0 Å². The fourth-order valence-corrected chi connectivity index (χ4v) is 2.44. The Morgan fingerprint density at radius 3 is 2.36 bits per heavy atom. The summed E-state index contributed by atoms with van der Waals surface area (Å²) in [5, 5.41) is 9.94. The van der Waals surface area contributed by atoms with Crippen molar-refractivity contribution in [2.45, 2.75) is 59.5 Å². The molecule has 0 aromatic rings. The van der Waals surface area contributed by atoms with Crippen molar-refractivity contribution in [2.24, 2.45) is 10.8 Å². The molecule has 1 saturated carbocycles. The summed E-state index contributed by atoms with van der Waals surface area (Å²) in [6.07, 6.45) is 3.29. The highest BCUT2D eigenvalue weighted by atomic mass is 16.3. The van der Waals surface area contributed by atoms with Crippen LogP contribution in [0.3, 0.4) is 0 Å². The second-order valence-electron chi connectivity index (χ2n) is 5.76. The van der Waals surface area contributed by atoms with Gasteiger partial charge < -0.3 is 5.11 Å². The van der Waals surface area contributed by atoms with Gasteiger partial charge in [-0.3, -0.25) is 4.79 Å². The van der Waals surface area contributed by atoms with E-state index in [0.717, 1.165) is 25.7 Å². The fraction of sp³-hybridized carbons (Fsp3) is 0.917. The number of rotatable bonds is 1. The summed E-state index contributed by atoms with van der Waals surface area (Å²) < 4.78 is 0. The summed E-state index contributed by atoms with van der Waals surface area (Å²) in [5.74, 6) is 0.206. The molecule has 0 aromatic carbocycles. The molecule has 2 nitrogen and oxygen atoms in total. The highest BCUT2D eigenvalue weighted by Crippen LogP contribution is 2.41. The van der Waals surface area contributed by atoms with Crippen LogP contribution in [0, 0.1) is 10.8 Å². The van der Waals surface area contributed by atoms with Gasteiger partial charge in [-0.05, 0) is 12.8 Å². The summed E-state index contributed by atoms with van der Waals surface area (Å²) in [7, 11) is 0. The Labute approximate surface area is 86.7 Å². The second-order valence-corrected chi connectivity index (χ2v) is 5.76. The lowest BCUT2D eigenvalue weighted by Crippen LogP contribution is -2.47. The van der Waals surface area contributed by atoms with Crippen LogP contribution in [0.25, 0.3) is 0 Å². The van der Waals surface area contributed by atoms with E-state index in [0.29, 0.717) is 0 Å². The van der Waals surface area contributed by atoms with E-state index in [9.17, 15) is 9.90 Å². The van der Waals surface area contributed by atoms with E-state index in [1.807, 2.05) is 27.7 Å². The Kier molecular flexibility index (Phi) is 3.05. The number of aliphatic hydroxyl groups is 1. The summed E-state index contributed by atoms with van der Waals surface area (Å²) >= 11 is 0. The Hall–Kier alpha value is -0.370. The third kappa shape index (κ3) is 2.00. The van der Waals surface area contributed by atoms with E-state index >= 15 is 0 Å². The maximum atomic E-state index is 12.2. The number of hydrogen-bond donors (Lipinski definition) is 1. The lowest BCUT2D eigenvalue weighted by Gasteiger charge is -2.40. The summed E-state index contributed by atoms with van der Waals surface area (Å²) in [5.41, 5.74) is -0.844. The van der Waals surface area contributed by atoms with Crippen molar-refractivity contribution in [1.29, 1.82) is 0 Å². The molecule has 14 heavy (non-hydrogen) atoms. The van der Waals surface area contributed by atoms with Crippen LogP contribution in [-0.2, 0) is 4.79 Å². The number of carbonyl (C=O) groups excluding carboxylic acids is 1. The van der Waals surface area contributed by atoms with Crippen LogP contribution in [0.4, 0.5) is 0 Å². The highest BCUT2D eigenvalue weighted by molar-refractivity contribution is 5.89. The molecule has 0 spiro atoms. The monoisotopic (exact) mass is 198 g/mol. The lowest BCUT2D eigenvalue weighted by molar-refractivity contribution is -0.145. The van der Waals surface area contributed by atoms with Crippen molar-refractivity contribution in [2.75, 3.05) is 0 Å². The molecule has 0 aromatic heterocycles. The van der Waals surface area contributed by atoms with E-state index in [1.54, 1.807) is 0 Å². The average molecular weight is 198 g/mol. The normalized spacial score (nSPS) is 34.2. The molecule has 1 unspecified atom stereocenters. The zero-order chi connectivity index (χ0) is 11.0. The van der Waals surface area contributed by atoms with Crippen molar-refractivity contribution in [1.82, 2.24) is 0 Å². The predicted molar refractivity (Wildman–Crippen MR) is 57.0 cm³/mol. The topological polar surface area (TPSA) is 37.3 Å². The average Bonchev–Trinajstić information content (AvgIpc) is 2.07. The van der Waals surface area contributed by atoms with Crippen LogP contribution in [0.15, 0.2) is 0 Å². The molecular weight excluding hydrogens is 176 g/mol. The van der Waals surface area contributed by atoms with Crippen LogP contribution in [0.1, 0.15) is 53.4 Å². The Morgan fingerprint density at radius 1 is 1.36 bits per heavy atom. The van der Waals surface area contributed by atoms with Crippen molar-refractivity contribution in [3.8, 4) is 0 Å². The minimum absolute atomic E-state index is 0.206. The first-order chi connectivity index (χ1) is 6.28. The first-order valence-electron chi connectivity index (χ1n) is 5.51. The molecule has 1 aliphatic rings. The smallest absolute Gasteiger partial charge is 0.146 e. The van der Waals surface area contributed by atoms with Gasteiger partial charge in [0.1, 0.15) is 5.78 Å². The van der Waals surface area contributed by atoms with Gasteiger partial charge in [0.2, 0.25) is 0 Å². The Balaban J connectivity index is 2.87. The van der Waals surface area contributed by atoms with Crippen LogP contribution in [-0.4, -0.2) is 17.0 Å². The van der Waals surface area contributed by atoms with E-state index in [-0.39, 0.29) is 11.2 Å². The maximum Gasteiger partial charge on any atom is 0.146 e. The van der Waals surface area contributed by atoms with Crippen molar-refractivity contribution < 1.29 is 9.90 Å². The maximum absolute atomic E-state index is 12.2. The summed E-state index contributed by atoms with van der Waals surface area (Å²) in [6.45, 7) is 7.72. The number of ketones is 1. The van der Waals surface area contributed by atoms with Gasteiger partial charge in [-0.15, -0.1) is 0 Å². The molecule has 0 saturated heterocycles. The zero-order valence-corrected chi connectivity index (χ0v) is 9.76. The van der Waals surface area contributed by atoms with Crippen molar-refractivity contribution in [3.05, 3.63) is 0 Å². The predicted octanol–water partition coefficient (Wildman–Crippen LogP) is 2.54. The molecule has 0 bridgehead atoms. The molecule has 0 aliphatic heterocycles. The van der Waals surface area contributed by atoms with Crippen molar-refractivity contribution in [3.63, 3.8) is 0 Å². The highest BCUT2D eigenvalue weighted by Gasteiger charge is 2.45. The molecule has 1 N–H and O–H groups in total. The lowest BCUT2D eigenvalue weighted by atomic mass is 9.64. The molecular formula is C12H22O2. The van der Waals surface area contributed by atoms with Gasteiger partial charge >= 0.3 is 0 Å². The minimum atomic E-state index is -0.503. The number of Topliss-reactive ketones (excluding diaryl/α,β-unsaturated/α-hetero) is 1. The van der Waals surface area contributed by atoms with Gasteiger partial charge in [0.25, 0.3) is 0 Å². The van der Waals surface area contributed by atoms with Crippen molar-refractivity contribution >= 4 is 5.78 Å². The molecule has 82 valence electrons. The first kappa shape index (κ1) is 11.7. The first-order valence-corrected chi connectivity index (χ1v) is 5.51. The molecule has 0 amide bonds. The Morgan fingerprint density at radius 2 is 1.93 bits per heavy atom. The zero-order valence-electron chi connectivity index (χ0n) is 9.76. The van der Waals surface area contributed by atoms with Gasteiger partial charge in [-0.1, -0.05) is 40.5 Å². The Bertz CT molecular complexity index is 227. The molecule has 1 rings (SSSR count). The largest absolute Gasteiger partial charge is 0.392 e. The quantitative estimate of drug-likeness (QED) is 0.703. The van der Waals surface area contributed by atoms with Gasteiger partial charge in [-0.25, -0.2) is 0 Å². The van der Waals surface area contributed by atoms with E-state index < -0.39 is 11.5 Å². The minimum Gasteiger partial charge on any atom is -0.392 e. The standard InChI is InChI=1S/C12H22O2/c1-11(2,3)10(14)12(4)8-6-5-7-9(12)13/h9,13H,5-8H2,1-4H3/t9?,12-/m1/s1. The van der Waals surface area contributed by atoms with Gasteiger partial charge in [0.05, 0.1) is 11.5 Å². The SMILES string of the molecule is CC(C)(C)C(=O)[C@]1(C)CCCCC1O. The molecule has 2 heteroatoms. The second kappa shape index (κ2) is 3.65. The van der Waals surface area contributed by atoms with E-state index in [4.69, 9.17) is 0 Å². The number of carbonyl (C=O) groups is 1. The number of hydrogen-bond acceptors (Lipinski definition) is 2. The summed E-state index contributed by atoms with van der Waals surface area (Å²) in [6, 6.07) is 0. The van der Waals surface area contributed by atoms with Crippen LogP contribution in [0.2, 0.25) is 0 Å². The third-order valence-corrected chi connectivity index (χ3v) is 3.36. The third-order valence-electron chi connectivity index (χ3n) is 3.36. The fourth-order valence-electron chi connectivity index (χ4n) is 2.44. The van der Waals surface area contributed by atoms with Crippen LogP contribution < -0.4 is 0 Å². The number of aliphatic hydroxyl groups excluding tert-OH is 1. The van der Waals surface area contributed by atoms with Gasteiger partial charge in [0, 0.05) is 5.41 Å². The molecule has 0 heterocycles. The van der Waals surface area contributed by atoms with Crippen LogP contribution >= 0.6 is 0 Å². The van der Waals surface area contributed by atoms with Crippen LogP contribution in [0.5, 0.6) is 0 Å². The summed E-state index contributed by atoms with van der Waals surface area (Å²) in [4.78, 5) is 12.2.